The number of carbonyl (C=O) groups is 1. The van der Waals surface area contributed by atoms with Crippen molar-refractivity contribution >= 4 is 23.2 Å². The Morgan fingerprint density at radius 1 is 1.62 bits per heavy atom. The van der Waals surface area contributed by atoms with Gasteiger partial charge in [0.05, 0.1) is 16.7 Å². The molecule has 1 unspecified atom stereocenters. The Balaban J connectivity index is 2.62. The third-order valence-electron chi connectivity index (χ3n) is 2.08. The second-order valence-corrected chi connectivity index (χ2v) is 4.04. The lowest BCUT2D eigenvalue weighted by atomic mass is 10.2. The van der Waals surface area contributed by atoms with Crippen LogP contribution in [0.2, 0.25) is 5.02 Å². The fourth-order valence-corrected chi connectivity index (χ4v) is 1.41. The summed E-state index contributed by atoms with van der Waals surface area (Å²) in [5.74, 6) is -0.280. The molecule has 0 saturated carbocycles. The van der Waals surface area contributed by atoms with Gasteiger partial charge >= 0.3 is 0 Å². The number of nitrogen functional groups attached to an aromatic ring is 1. The lowest BCUT2D eigenvalue weighted by molar-refractivity contribution is 0.0946. The number of aliphatic hydroxyl groups excluding tert-OH is 1. The first kappa shape index (κ1) is 12.8. The zero-order chi connectivity index (χ0) is 12.1. The molecule has 0 aliphatic carbocycles. The van der Waals surface area contributed by atoms with Crippen LogP contribution in [0.25, 0.3) is 0 Å². The number of aliphatic hydroxyl groups is 1. The molecule has 16 heavy (non-hydrogen) atoms. The van der Waals surface area contributed by atoms with E-state index in [2.05, 4.69) is 5.32 Å². The molecule has 0 saturated heterocycles. The summed E-state index contributed by atoms with van der Waals surface area (Å²) >= 11 is 5.87. The van der Waals surface area contributed by atoms with Gasteiger partial charge in [-0.1, -0.05) is 11.6 Å². The van der Waals surface area contributed by atoms with Gasteiger partial charge < -0.3 is 16.2 Å². The average molecular weight is 243 g/mol. The van der Waals surface area contributed by atoms with E-state index >= 15 is 0 Å². The third kappa shape index (κ3) is 3.72. The van der Waals surface area contributed by atoms with Gasteiger partial charge in [0.25, 0.3) is 5.91 Å². The molecule has 1 atom stereocenters. The van der Waals surface area contributed by atoms with Gasteiger partial charge in [-0.05, 0) is 31.5 Å². The van der Waals surface area contributed by atoms with Gasteiger partial charge in [-0.15, -0.1) is 0 Å². The number of anilines is 1. The number of nitrogens with one attached hydrogen (secondary N) is 1. The van der Waals surface area contributed by atoms with Gasteiger partial charge in [-0.3, -0.25) is 4.79 Å². The van der Waals surface area contributed by atoms with E-state index in [4.69, 9.17) is 22.4 Å². The van der Waals surface area contributed by atoms with Crippen molar-refractivity contribution in [3.05, 3.63) is 28.8 Å². The minimum atomic E-state index is -0.434. The highest BCUT2D eigenvalue weighted by Crippen LogP contribution is 2.18. The van der Waals surface area contributed by atoms with E-state index in [1.807, 2.05) is 0 Å². The van der Waals surface area contributed by atoms with Crippen molar-refractivity contribution in [2.24, 2.45) is 0 Å². The van der Waals surface area contributed by atoms with Crippen LogP contribution in [0.1, 0.15) is 23.7 Å². The van der Waals surface area contributed by atoms with Crippen LogP contribution in [0.15, 0.2) is 18.2 Å². The van der Waals surface area contributed by atoms with Crippen molar-refractivity contribution in [3.63, 3.8) is 0 Å². The summed E-state index contributed by atoms with van der Waals surface area (Å²) in [5.41, 5.74) is 6.41. The van der Waals surface area contributed by atoms with Gasteiger partial charge in [0.15, 0.2) is 0 Å². The van der Waals surface area contributed by atoms with Crippen molar-refractivity contribution in [1.82, 2.24) is 5.32 Å². The second-order valence-electron chi connectivity index (χ2n) is 3.63. The molecule has 5 heteroatoms. The molecule has 0 aromatic heterocycles. The Morgan fingerprint density at radius 3 is 2.94 bits per heavy atom. The van der Waals surface area contributed by atoms with Crippen LogP contribution >= 0.6 is 11.6 Å². The molecule has 0 heterocycles. The summed E-state index contributed by atoms with van der Waals surface area (Å²) in [6, 6.07) is 4.75. The third-order valence-corrected chi connectivity index (χ3v) is 2.41. The maximum atomic E-state index is 11.7. The summed E-state index contributed by atoms with van der Waals surface area (Å²) < 4.78 is 0. The van der Waals surface area contributed by atoms with Crippen molar-refractivity contribution in [2.75, 3.05) is 12.3 Å². The highest BCUT2D eigenvalue weighted by Gasteiger charge is 2.10. The topological polar surface area (TPSA) is 75.3 Å². The van der Waals surface area contributed by atoms with Crippen LogP contribution in [-0.4, -0.2) is 23.7 Å². The summed E-state index contributed by atoms with van der Waals surface area (Å²) in [6.07, 6.45) is 0.0719. The lowest BCUT2D eigenvalue weighted by Gasteiger charge is -2.08. The number of nitrogens with two attached hydrogens (primary N) is 1. The van der Waals surface area contributed by atoms with E-state index in [0.29, 0.717) is 29.2 Å². The first-order valence-electron chi connectivity index (χ1n) is 5.02. The van der Waals surface area contributed by atoms with Crippen molar-refractivity contribution in [3.8, 4) is 0 Å². The smallest absolute Gasteiger partial charge is 0.252 e. The molecule has 0 radical (unpaired) electrons. The van der Waals surface area contributed by atoms with Gasteiger partial charge in [0.1, 0.15) is 0 Å². The summed E-state index contributed by atoms with van der Waals surface area (Å²) in [6.45, 7) is 2.07. The number of hydrogen-bond acceptors (Lipinski definition) is 3. The van der Waals surface area contributed by atoms with Gasteiger partial charge in [-0.2, -0.15) is 0 Å². The number of rotatable bonds is 4. The van der Waals surface area contributed by atoms with Crippen LogP contribution < -0.4 is 11.1 Å². The van der Waals surface area contributed by atoms with Crippen LogP contribution in [-0.2, 0) is 0 Å². The second kappa shape index (κ2) is 5.72. The molecule has 0 spiro atoms. The van der Waals surface area contributed by atoms with E-state index < -0.39 is 6.10 Å². The van der Waals surface area contributed by atoms with E-state index in [1.54, 1.807) is 19.1 Å². The van der Waals surface area contributed by atoms with Crippen molar-refractivity contribution in [2.45, 2.75) is 19.4 Å². The minimum Gasteiger partial charge on any atom is -0.399 e. The maximum absolute atomic E-state index is 11.7. The number of benzene rings is 1. The fourth-order valence-electron chi connectivity index (χ4n) is 1.21. The Kier molecular flexibility index (Phi) is 4.58. The molecule has 0 aliphatic heterocycles. The Hall–Kier alpha value is -1.26. The van der Waals surface area contributed by atoms with Crippen molar-refractivity contribution < 1.29 is 9.90 Å². The molecule has 0 bridgehead atoms. The van der Waals surface area contributed by atoms with E-state index in [0.717, 1.165) is 0 Å². The molecule has 0 aliphatic rings. The molecular weight excluding hydrogens is 228 g/mol. The van der Waals surface area contributed by atoms with Crippen molar-refractivity contribution in [1.29, 1.82) is 0 Å². The molecule has 0 fully saturated rings. The van der Waals surface area contributed by atoms with Crippen LogP contribution in [0.5, 0.6) is 0 Å². The number of carbonyl (C=O) groups excluding carboxylic acids is 1. The number of halogens is 1. The molecular formula is C11H15ClN2O2. The quantitative estimate of drug-likeness (QED) is 0.699. The van der Waals surface area contributed by atoms with E-state index in [1.165, 1.54) is 6.07 Å². The monoisotopic (exact) mass is 242 g/mol. The summed E-state index contributed by atoms with van der Waals surface area (Å²) in [5, 5.41) is 12.1. The zero-order valence-corrected chi connectivity index (χ0v) is 9.79. The normalized spacial score (nSPS) is 12.2. The molecule has 4 nitrogen and oxygen atoms in total. The molecule has 1 aromatic rings. The molecule has 88 valence electrons. The maximum Gasteiger partial charge on any atom is 0.252 e. The fraction of sp³-hybridized carbons (Fsp3) is 0.364. The van der Waals surface area contributed by atoms with Crippen LogP contribution in [0.4, 0.5) is 5.69 Å². The van der Waals surface area contributed by atoms with Crippen LogP contribution in [0, 0.1) is 0 Å². The largest absolute Gasteiger partial charge is 0.399 e. The molecule has 1 aromatic carbocycles. The minimum absolute atomic E-state index is 0.280. The first-order chi connectivity index (χ1) is 7.50. The zero-order valence-electron chi connectivity index (χ0n) is 9.03. The van der Waals surface area contributed by atoms with Crippen LogP contribution in [0.3, 0.4) is 0 Å². The number of hydrogen-bond donors (Lipinski definition) is 3. The van der Waals surface area contributed by atoms with Gasteiger partial charge in [-0.25, -0.2) is 0 Å². The SMILES string of the molecule is CC(O)CCNC(=O)c1cc(N)ccc1Cl. The summed E-state index contributed by atoms with van der Waals surface area (Å²) in [7, 11) is 0. The first-order valence-corrected chi connectivity index (χ1v) is 5.40. The van der Waals surface area contributed by atoms with E-state index in [9.17, 15) is 4.79 Å². The predicted octanol–water partition coefficient (Wildman–Crippen LogP) is 1.42. The van der Waals surface area contributed by atoms with Gasteiger partial charge in [0, 0.05) is 12.2 Å². The van der Waals surface area contributed by atoms with Gasteiger partial charge in [0.2, 0.25) is 0 Å². The Labute approximate surface area is 99.4 Å². The molecule has 1 amide bonds. The average Bonchev–Trinajstić information content (AvgIpc) is 2.21. The number of amides is 1. The molecule has 4 N–H and O–H groups in total. The highest BCUT2D eigenvalue weighted by atomic mass is 35.5. The molecule has 1 rings (SSSR count). The Bertz CT molecular complexity index is 380. The predicted molar refractivity (Wildman–Crippen MR) is 64.5 cm³/mol. The Morgan fingerprint density at radius 2 is 2.31 bits per heavy atom. The standard InChI is InChI=1S/C11H15ClN2O2/c1-7(15)4-5-14-11(16)9-6-8(13)2-3-10(9)12/h2-3,6-7,15H,4-5,13H2,1H3,(H,14,16). The van der Waals surface area contributed by atoms with E-state index in [-0.39, 0.29) is 5.91 Å². The summed E-state index contributed by atoms with van der Waals surface area (Å²) in [4.78, 5) is 11.7. The lowest BCUT2D eigenvalue weighted by Crippen LogP contribution is -2.26. The highest BCUT2D eigenvalue weighted by molar-refractivity contribution is 6.34.